The fraction of sp³-hybridized carbons (Fsp3) is 0.222. The second kappa shape index (κ2) is 7.22. The molecule has 26 heavy (non-hydrogen) atoms. The molecule has 1 N–H and O–H groups in total. The van der Waals surface area contributed by atoms with E-state index in [9.17, 15) is 14.4 Å². The highest BCUT2D eigenvalue weighted by molar-refractivity contribution is 6.05. The molecule has 0 bridgehead atoms. The first kappa shape index (κ1) is 17.4. The van der Waals surface area contributed by atoms with Gasteiger partial charge in [-0.25, -0.2) is 4.79 Å². The highest BCUT2D eigenvalue weighted by Gasteiger charge is 2.21. The van der Waals surface area contributed by atoms with Gasteiger partial charge >= 0.3 is 5.97 Å². The number of pyridine rings is 1. The van der Waals surface area contributed by atoms with Gasteiger partial charge in [-0.1, -0.05) is 0 Å². The summed E-state index contributed by atoms with van der Waals surface area (Å²) in [4.78, 5) is 39.8. The minimum Gasteiger partial charge on any atom is -0.454 e. The number of amides is 1. The summed E-state index contributed by atoms with van der Waals surface area (Å²) < 4.78 is 15.4. The largest absolute Gasteiger partial charge is 0.454 e. The van der Waals surface area contributed by atoms with Gasteiger partial charge in [-0.05, 0) is 32.0 Å². The van der Waals surface area contributed by atoms with Gasteiger partial charge < -0.3 is 19.5 Å². The predicted octanol–water partition coefficient (Wildman–Crippen LogP) is 2.12. The van der Waals surface area contributed by atoms with Crippen LogP contribution in [0, 0.1) is 6.92 Å². The first-order chi connectivity index (χ1) is 12.4. The number of nitrogens with zero attached hydrogens (tertiary/aromatic N) is 1. The summed E-state index contributed by atoms with van der Waals surface area (Å²) in [7, 11) is 0. The molecular weight excluding hydrogens is 340 g/mol. The fourth-order valence-corrected chi connectivity index (χ4v) is 2.33. The van der Waals surface area contributed by atoms with Gasteiger partial charge in [0.25, 0.3) is 5.91 Å². The zero-order valence-corrected chi connectivity index (χ0v) is 14.2. The van der Waals surface area contributed by atoms with Crippen LogP contribution in [0.25, 0.3) is 0 Å². The van der Waals surface area contributed by atoms with Crippen molar-refractivity contribution in [2.24, 2.45) is 0 Å². The van der Waals surface area contributed by atoms with Crippen molar-refractivity contribution >= 4 is 23.3 Å². The summed E-state index contributed by atoms with van der Waals surface area (Å²) in [5, 5.41) is 2.55. The number of aryl methyl sites for hydroxylation is 1. The molecule has 0 saturated carbocycles. The predicted molar refractivity (Wildman–Crippen MR) is 90.5 cm³/mol. The van der Waals surface area contributed by atoms with Crippen LogP contribution in [0.4, 0.5) is 5.69 Å². The second-order valence-electron chi connectivity index (χ2n) is 5.62. The van der Waals surface area contributed by atoms with Crippen LogP contribution in [-0.2, 0) is 9.53 Å². The van der Waals surface area contributed by atoms with E-state index in [4.69, 9.17) is 14.2 Å². The number of hydrogen-bond acceptors (Lipinski definition) is 7. The highest BCUT2D eigenvalue weighted by atomic mass is 16.7. The maximum atomic E-state index is 12.1. The molecule has 8 heteroatoms. The SMILES string of the molecule is CC(=O)c1cc2c(cc1NC(=O)COC(=O)c1ccc(C)nc1)OCO2. The summed E-state index contributed by atoms with van der Waals surface area (Å²) in [6.45, 7) is 2.71. The topological polar surface area (TPSA) is 104 Å². The van der Waals surface area contributed by atoms with Gasteiger partial charge in [0.05, 0.1) is 11.3 Å². The number of Topliss-reactive ketones (excluding diaryl/α,β-unsaturated/α-hetero) is 1. The van der Waals surface area contributed by atoms with E-state index < -0.39 is 18.5 Å². The molecule has 1 aliphatic rings. The third-order valence-electron chi connectivity index (χ3n) is 3.65. The molecule has 1 aromatic heterocycles. The number of fused-ring (bicyclic) bond motifs is 1. The van der Waals surface area contributed by atoms with E-state index in [0.717, 1.165) is 5.69 Å². The standard InChI is InChI=1S/C18H16N2O6/c1-10-3-4-12(7-19-10)18(23)24-8-17(22)20-14-6-16-15(25-9-26-16)5-13(14)11(2)21/h3-7H,8-9H2,1-2H3,(H,20,22). The smallest absolute Gasteiger partial charge is 0.340 e. The minimum atomic E-state index is -0.662. The van der Waals surface area contributed by atoms with Gasteiger partial charge in [0.2, 0.25) is 6.79 Å². The van der Waals surface area contributed by atoms with Crippen molar-refractivity contribution in [1.82, 2.24) is 4.98 Å². The molecule has 8 nitrogen and oxygen atoms in total. The Labute approximate surface area is 149 Å². The molecule has 0 saturated heterocycles. The van der Waals surface area contributed by atoms with Crippen LogP contribution in [-0.4, -0.2) is 36.0 Å². The van der Waals surface area contributed by atoms with E-state index in [1.807, 2.05) is 0 Å². The van der Waals surface area contributed by atoms with Crippen LogP contribution in [0.3, 0.4) is 0 Å². The molecule has 134 valence electrons. The van der Waals surface area contributed by atoms with Crippen molar-refractivity contribution in [1.29, 1.82) is 0 Å². The number of ketones is 1. The molecule has 1 aromatic carbocycles. The van der Waals surface area contributed by atoms with Crippen molar-refractivity contribution in [2.75, 3.05) is 18.7 Å². The third-order valence-corrected chi connectivity index (χ3v) is 3.65. The lowest BCUT2D eigenvalue weighted by Crippen LogP contribution is -2.22. The Kier molecular flexibility index (Phi) is 4.83. The summed E-state index contributed by atoms with van der Waals surface area (Å²) in [5.41, 5.74) is 1.55. The van der Waals surface area contributed by atoms with Crippen LogP contribution in [0.1, 0.15) is 33.3 Å². The monoisotopic (exact) mass is 356 g/mol. The molecule has 0 unspecified atom stereocenters. The number of aromatic nitrogens is 1. The minimum absolute atomic E-state index is 0.0479. The molecule has 2 heterocycles. The van der Waals surface area contributed by atoms with Crippen molar-refractivity contribution in [2.45, 2.75) is 13.8 Å². The maximum absolute atomic E-state index is 12.1. The van der Waals surface area contributed by atoms with Gasteiger partial charge in [-0.2, -0.15) is 0 Å². The molecule has 0 radical (unpaired) electrons. The van der Waals surface area contributed by atoms with Crippen molar-refractivity contribution in [3.05, 3.63) is 47.3 Å². The third kappa shape index (κ3) is 3.80. The first-order valence-corrected chi connectivity index (χ1v) is 7.78. The number of carbonyl (C=O) groups is 3. The van der Waals surface area contributed by atoms with Crippen molar-refractivity contribution in [3.63, 3.8) is 0 Å². The summed E-state index contributed by atoms with van der Waals surface area (Å²) in [6.07, 6.45) is 1.38. The van der Waals surface area contributed by atoms with Gasteiger partial charge in [-0.3, -0.25) is 14.6 Å². The number of anilines is 1. The Morgan fingerprint density at radius 2 is 1.92 bits per heavy atom. The number of rotatable bonds is 5. The molecule has 0 spiro atoms. The maximum Gasteiger partial charge on any atom is 0.340 e. The normalized spacial score (nSPS) is 11.8. The first-order valence-electron chi connectivity index (χ1n) is 7.78. The number of hydrogen-bond donors (Lipinski definition) is 1. The Balaban J connectivity index is 1.65. The average Bonchev–Trinajstić information content (AvgIpc) is 3.06. The number of ether oxygens (including phenoxy) is 3. The van der Waals surface area contributed by atoms with Crippen LogP contribution in [0.2, 0.25) is 0 Å². The Hall–Kier alpha value is -3.42. The van der Waals surface area contributed by atoms with Crippen LogP contribution in [0.5, 0.6) is 11.5 Å². The zero-order chi connectivity index (χ0) is 18.7. The quantitative estimate of drug-likeness (QED) is 0.646. The molecule has 0 atom stereocenters. The number of esters is 1. The summed E-state index contributed by atoms with van der Waals surface area (Å²) in [6, 6.07) is 6.24. The number of carbonyl (C=O) groups excluding carboxylic acids is 3. The molecule has 2 aromatic rings. The number of benzene rings is 1. The van der Waals surface area contributed by atoms with Crippen molar-refractivity contribution < 1.29 is 28.6 Å². The van der Waals surface area contributed by atoms with E-state index in [1.54, 1.807) is 19.1 Å². The van der Waals surface area contributed by atoms with E-state index in [1.165, 1.54) is 25.3 Å². The average molecular weight is 356 g/mol. The summed E-state index contributed by atoms with van der Waals surface area (Å²) in [5.74, 6) is -0.634. The Bertz CT molecular complexity index is 876. The van der Waals surface area contributed by atoms with Gasteiger partial charge in [0.15, 0.2) is 23.9 Å². The summed E-state index contributed by atoms with van der Waals surface area (Å²) >= 11 is 0. The number of nitrogens with one attached hydrogen (secondary N) is 1. The van der Waals surface area contributed by atoms with E-state index in [-0.39, 0.29) is 29.4 Å². The molecule has 1 aliphatic heterocycles. The molecule has 0 aliphatic carbocycles. The van der Waals surface area contributed by atoms with Gasteiger partial charge in [-0.15, -0.1) is 0 Å². The van der Waals surface area contributed by atoms with E-state index in [2.05, 4.69) is 10.3 Å². The second-order valence-corrected chi connectivity index (χ2v) is 5.62. The Morgan fingerprint density at radius 3 is 2.58 bits per heavy atom. The lowest BCUT2D eigenvalue weighted by atomic mass is 10.1. The van der Waals surface area contributed by atoms with Crippen LogP contribution >= 0.6 is 0 Å². The highest BCUT2D eigenvalue weighted by Crippen LogP contribution is 2.37. The fourth-order valence-electron chi connectivity index (χ4n) is 2.33. The van der Waals surface area contributed by atoms with E-state index in [0.29, 0.717) is 11.5 Å². The van der Waals surface area contributed by atoms with Gasteiger partial charge in [0.1, 0.15) is 0 Å². The zero-order valence-electron chi connectivity index (χ0n) is 14.2. The molecule has 1 amide bonds. The van der Waals surface area contributed by atoms with Crippen molar-refractivity contribution in [3.8, 4) is 11.5 Å². The lowest BCUT2D eigenvalue weighted by molar-refractivity contribution is -0.119. The van der Waals surface area contributed by atoms with Crippen LogP contribution < -0.4 is 14.8 Å². The van der Waals surface area contributed by atoms with Gasteiger partial charge in [0, 0.05) is 23.5 Å². The van der Waals surface area contributed by atoms with E-state index >= 15 is 0 Å². The van der Waals surface area contributed by atoms with Crippen LogP contribution in [0.15, 0.2) is 30.5 Å². The Morgan fingerprint density at radius 1 is 1.19 bits per heavy atom. The molecular formula is C18H16N2O6. The lowest BCUT2D eigenvalue weighted by Gasteiger charge is -2.11. The molecule has 0 fully saturated rings. The molecule has 3 rings (SSSR count).